The Labute approximate surface area is 83.4 Å². The molecule has 0 saturated heterocycles. The second-order valence-electron chi connectivity index (χ2n) is 3.02. The zero-order chi connectivity index (χ0) is 11.5. The number of hydrogen-bond acceptors (Lipinski definition) is 3. The van der Waals surface area contributed by atoms with Gasteiger partial charge in [0.25, 0.3) is 6.47 Å². The van der Waals surface area contributed by atoms with Gasteiger partial charge >= 0.3 is 6.18 Å². The Hall–Kier alpha value is -1.53. The summed E-state index contributed by atoms with van der Waals surface area (Å²) < 4.78 is 41.5. The van der Waals surface area contributed by atoms with Gasteiger partial charge in [0.15, 0.2) is 0 Å². The van der Waals surface area contributed by atoms with Crippen LogP contribution in [0.4, 0.5) is 13.2 Å². The Morgan fingerprint density at radius 3 is 2.87 bits per heavy atom. The smallest absolute Gasteiger partial charge is 0.433 e. The van der Waals surface area contributed by atoms with E-state index in [2.05, 4.69) is 9.84 Å². The van der Waals surface area contributed by atoms with Gasteiger partial charge in [0.05, 0.1) is 6.20 Å². The summed E-state index contributed by atoms with van der Waals surface area (Å²) in [6.45, 7) is 1.71. The molecule has 0 fully saturated rings. The van der Waals surface area contributed by atoms with Crippen molar-refractivity contribution in [3.8, 4) is 0 Å². The van der Waals surface area contributed by atoms with Crippen LogP contribution >= 0.6 is 0 Å². The van der Waals surface area contributed by atoms with E-state index in [4.69, 9.17) is 0 Å². The first-order valence-corrected chi connectivity index (χ1v) is 4.13. The molecule has 0 aliphatic rings. The fourth-order valence-corrected chi connectivity index (χ4v) is 1.16. The van der Waals surface area contributed by atoms with Gasteiger partial charge < -0.3 is 4.74 Å². The van der Waals surface area contributed by atoms with Gasteiger partial charge in [-0.3, -0.25) is 9.89 Å². The molecule has 0 bridgehead atoms. The minimum absolute atomic E-state index is 0.0168. The monoisotopic (exact) mass is 222 g/mol. The standard InChI is InChI=1S/C8H9F3N2O2/c1-5(15-4-14)2-6-3-12-13-7(6)8(9,10)11/h3-5H,2H2,1H3,(H,12,13). The highest BCUT2D eigenvalue weighted by Crippen LogP contribution is 2.30. The fraction of sp³-hybridized carbons (Fsp3) is 0.500. The number of aromatic amines is 1. The molecule has 4 nitrogen and oxygen atoms in total. The lowest BCUT2D eigenvalue weighted by atomic mass is 10.1. The first kappa shape index (κ1) is 11.5. The van der Waals surface area contributed by atoms with E-state index in [0.717, 1.165) is 6.20 Å². The van der Waals surface area contributed by atoms with Crippen LogP contribution in [0.2, 0.25) is 0 Å². The SMILES string of the molecule is CC(Cc1cn[nH]c1C(F)(F)F)OC=O. The average Bonchev–Trinajstić information content (AvgIpc) is 2.51. The van der Waals surface area contributed by atoms with E-state index < -0.39 is 18.0 Å². The van der Waals surface area contributed by atoms with Crippen molar-refractivity contribution in [3.63, 3.8) is 0 Å². The van der Waals surface area contributed by atoms with Crippen LogP contribution in [0.3, 0.4) is 0 Å². The molecule has 0 saturated carbocycles. The number of halogens is 3. The summed E-state index contributed by atoms with van der Waals surface area (Å²) in [5.41, 5.74) is -0.916. The maximum Gasteiger partial charge on any atom is 0.433 e. The molecule has 0 aromatic carbocycles. The zero-order valence-electron chi connectivity index (χ0n) is 7.84. The number of nitrogens with one attached hydrogen (secondary N) is 1. The van der Waals surface area contributed by atoms with Gasteiger partial charge in [0.1, 0.15) is 11.8 Å². The highest BCUT2D eigenvalue weighted by Gasteiger charge is 2.35. The molecule has 1 rings (SSSR count). The second kappa shape index (κ2) is 4.33. The Morgan fingerprint density at radius 2 is 2.33 bits per heavy atom. The van der Waals surface area contributed by atoms with Gasteiger partial charge in [0, 0.05) is 12.0 Å². The molecule has 0 spiro atoms. The molecule has 15 heavy (non-hydrogen) atoms. The molecule has 1 N–H and O–H groups in total. The van der Waals surface area contributed by atoms with Crippen LogP contribution < -0.4 is 0 Å². The molecule has 0 radical (unpaired) electrons. The highest BCUT2D eigenvalue weighted by molar-refractivity contribution is 5.37. The summed E-state index contributed by atoms with van der Waals surface area (Å²) in [5.74, 6) is 0. The molecular formula is C8H9F3N2O2. The van der Waals surface area contributed by atoms with Gasteiger partial charge in [-0.2, -0.15) is 18.3 Å². The first-order valence-electron chi connectivity index (χ1n) is 4.13. The van der Waals surface area contributed by atoms with Crippen LogP contribution in [0.25, 0.3) is 0 Å². The van der Waals surface area contributed by atoms with Crippen molar-refractivity contribution in [1.82, 2.24) is 10.2 Å². The van der Waals surface area contributed by atoms with Crippen molar-refractivity contribution in [3.05, 3.63) is 17.5 Å². The Balaban J connectivity index is 2.78. The first-order chi connectivity index (χ1) is 6.95. The topological polar surface area (TPSA) is 55.0 Å². The van der Waals surface area contributed by atoms with E-state index in [1.54, 1.807) is 0 Å². The molecule has 1 aromatic rings. The molecule has 1 aromatic heterocycles. The third-order valence-corrected chi connectivity index (χ3v) is 1.80. The van der Waals surface area contributed by atoms with Gasteiger partial charge in [0.2, 0.25) is 0 Å². The van der Waals surface area contributed by atoms with E-state index in [9.17, 15) is 18.0 Å². The molecule has 1 unspecified atom stereocenters. The Morgan fingerprint density at radius 1 is 1.67 bits per heavy atom. The molecular weight excluding hydrogens is 213 g/mol. The van der Waals surface area contributed by atoms with Crippen LogP contribution in [0.5, 0.6) is 0 Å². The average molecular weight is 222 g/mol. The van der Waals surface area contributed by atoms with E-state index in [-0.39, 0.29) is 18.5 Å². The number of carbonyl (C=O) groups excluding carboxylic acids is 1. The molecule has 1 atom stereocenters. The quantitative estimate of drug-likeness (QED) is 0.786. The minimum Gasteiger partial charge on any atom is -0.465 e. The van der Waals surface area contributed by atoms with Crippen molar-refractivity contribution >= 4 is 6.47 Å². The molecule has 1 heterocycles. The molecule has 0 aliphatic carbocycles. The lowest BCUT2D eigenvalue weighted by Crippen LogP contribution is -2.15. The lowest BCUT2D eigenvalue weighted by molar-refractivity contribution is -0.142. The summed E-state index contributed by atoms with van der Waals surface area (Å²) in [6, 6.07) is 0. The maximum atomic E-state index is 12.3. The van der Waals surface area contributed by atoms with Crippen molar-refractivity contribution < 1.29 is 22.7 Å². The number of hydrogen-bond donors (Lipinski definition) is 1. The predicted molar refractivity (Wildman–Crippen MR) is 43.9 cm³/mol. The van der Waals surface area contributed by atoms with Crippen LogP contribution in [-0.2, 0) is 22.1 Å². The number of H-pyrrole nitrogens is 1. The number of aromatic nitrogens is 2. The van der Waals surface area contributed by atoms with Crippen LogP contribution in [0, 0.1) is 0 Å². The summed E-state index contributed by atoms with van der Waals surface area (Å²) >= 11 is 0. The highest BCUT2D eigenvalue weighted by atomic mass is 19.4. The van der Waals surface area contributed by atoms with Crippen LogP contribution in [0.1, 0.15) is 18.2 Å². The zero-order valence-corrected chi connectivity index (χ0v) is 7.84. The largest absolute Gasteiger partial charge is 0.465 e. The van der Waals surface area contributed by atoms with Crippen LogP contribution in [0.15, 0.2) is 6.20 Å². The van der Waals surface area contributed by atoms with E-state index >= 15 is 0 Å². The number of ether oxygens (including phenoxy) is 1. The van der Waals surface area contributed by atoms with E-state index in [1.165, 1.54) is 6.92 Å². The van der Waals surface area contributed by atoms with Gasteiger partial charge in [-0.05, 0) is 6.92 Å². The van der Waals surface area contributed by atoms with Crippen molar-refractivity contribution in [2.45, 2.75) is 25.6 Å². The Kier molecular flexibility index (Phi) is 3.33. The predicted octanol–water partition coefficient (Wildman–Crippen LogP) is 1.53. The summed E-state index contributed by atoms with van der Waals surface area (Å²) in [7, 11) is 0. The summed E-state index contributed by atoms with van der Waals surface area (Å²) in [5, 5.41) is 5.19. The fourth-order valence-electron chi connectivity index (χ4n) is 1.16. The maximum absolute atomic E-state index is 12.3. The molecule has 0 aliphatic heterocycles. The number of alkyl halides is 3. The summed E-state index contributed by atoms with van der Waals surface area (Å²) in [6.07, 6.45) is -4.02. The van der Waals surface area contributed by atoms with Crippen LogP contribution in [-0.4, -0.2) is 22.8 Å². The molecule has 7 heteroatoms. The number of carbonyl (C=O) groups is 1. The van der Waals surface area contributed by atoms with Gasteiger partial charge in [-0.15, -0.1) is 0 Å². The Bertz CT molecular complexity index is 335. The van der Waals surface area contributed by atoms with Gasteiger partial charge in [-0.1, -0.05) is 0 Å². The van der Waals surface area contributed by atoms with E-state index in [1.807, 2.05) is 5.10 Å². The van der Waals surface area contributed by atoms with Crippen molar-refractivity contribution in [2.24, 2.45) is 0 Å². The molecule has 84 valence electrons. The molecule has 0 amide bonds. The number of rotatable bonds is 4. The van der Waals surface area contributed by atoms with Crippen molar-refractivity contribution in [1.29, 1.82) is 0 Å². The lowest BCUT2D eigenvalue weighted by Gasteiger charge is -2.10. The second-order valence-corrected chi connectivity index (χ2v) is 3.02. The minimum atomic E-state index is -4.47. The van der Waals surface area contributed by atoms with E-state index in [0.29, 0.717) is 0 Å². The number of nitrogens with zero attached hydrogens (tertiary/aromatic N) is 1. The third kappa shape index (κ3) is 2.97. The normalized spacial score (nSPS) is 13.6. The van der Waals surface area contributed by atoms with Crippen molar-refractivity contribution in [2.75, 3.05) is 0 Å². The third-order valence-electron chi connectivity index (χ3n) is 1.80. The van der Waals surface area contributed by atoms with Gasteiger partial charge in [-0.25, -0.2) is 0 Å². The summed E-state index contributed by atoms with van der Waals surface area (Å²) in [4.78, 5) is 9.96.